The van der Waals surface area contributed by atoms with Gasteiger partial charge in [0.1, 0.15) is 23.2 Å². The van der Waals surface area contributed by atoms with Crippen LogP contribution in [0.3, 0.4) is 0 Å². The topological polar surface area (TPSA) is 65.1 Å². The molecule has 1 aromatic heterocycles. The van der Waals surface area contributed by atoms with Gasteiger partial charge in [-0.2, -0.15) is 0 Å². The Labute approximate surface area is 154 Å². The molecular formula is C19H16ClFN4O. The molecule has 3 aromatic rings. The minimum absolute atomic E-state index is 0.0264. The molecule has 2 heterocycles. The first kappa shape index (κ1) is 16.6. The molecule has 26 heavy (non-hydrogen) atoms. The molecule has 0 saturated carbocycles. The molecule has 1 aliphatic heterocycles. The maximum Gasteiger partial charge on any atom is 0.148 e. The smallest absolute Gasteiger partial charge is 0.148 e. The van der Waals surface area contributed by atoms with Crippen molar-refractivity contribution in [3.8, 4) is 0 Å². The number of anilines is 1. The van der Waals surface area contributed by atoms with E-state index in [4.69, 9.17) is 17.0 Å². The van der Waals surface area contributed by atoms with Crippen LogP contribution in [0.1, 0.15) is 11.4 Å². The molecule has 2 N–H and O–H groups in total. The highest BCUT2D eigenvalue weighted by atomic mass is 35.5. The number of aryl methyl sites for hydroxylation is 2. The molecule has 0 radical (unpaired) electrons. The molecule has 132 valence electrons. The van der Waals surface area contributed by atoms with Gasteiger partial charge in [0.2, 0.25) is 0 Å². The van der Waals surface area contributed by atoms with Crippen LogP contribution < -0.4 is 4.90 Å². The van der Waals surface area contributed by atoms with Gasteiger partial charge in [-0.15, -0.1) is 0 Å². The van der Waals surface area contributed by atoms with E-state index < -0.39 is 5.82 Å². The Hall–Kier alpha value is -2.86. The number of fused-ring (bicyclic) bond motifs is 1. The summed E-state index contributed by atoms with van der Waals surface area (Å²) in [5.74, 6) is 0.138. The number of aromatic nitrogens is 2. The maximum absolute atomic E-state index is 13.4. The molecule has 1 aliphatic rings. The average molecular weight is 371 g/mol. The van der Waals surface area contributed by atoms with Crippen LogP contribution in [0, 0.1) is 18.2 Å². The van der Waals surface area contributed by atoms with Gasteiger partial charge in [0.15, 0.2) is 0 Å². The Kier molecular flexibility index (Phi) is 3.73. The van der Waals surface area contributed by atoms with Crippen molar-refractivity contribution in [1.29, 1.82) is 5.41 Å². The first-order chi connectivity index (χ1) is 12.4. The minimum atomic E-state index is -0.524. The fourth-order valence-corrected chi connectivity index (χ4v) is 3.40. The minimum Gasteiger partial charge on any atom is -0.509 e. The average Bonchev–Trinajstić information content (AvgIpc) is 3.06. The first-order valence-electron chi connectivity index (χ1n) is 8.04. The summed E-state index contributed by atoms with van der Waals surface area (Å²) in [6.45, 7) is 2.10. The third kappa shape index (κ3) is 2.45. The molecule has 0 spiro atoms. The van der Waals surface area contributed by atoms with Crippen molar-refractivity contribution in [3.05, 3.63) is 64.4 Å². The number of hydrogen-bond acceptors (Lipinski definition) is 3. The quantitative estimate of drug-likeness (QED) is 0.700. The van der Waals surface area contributed by atoms with Crippen molar-refractivity contribution in [3.63, 3.8) is 0 Å². The van der Waals surface area contributed by atoms with E-state index in [2.05, 4.69) is 4.98 Å². The lowest BCUT2D eigenvalue weighted by Crippen LogP contribution is -2.26. The largest absolute Gasteiger partial charge is 0.509 e. The monoisotopic (exact) mass is 370 g/mol. The zero-order valence-electron chi connectivity index (χ0n) is 14.2. The normalized spacial score (nSPS) is 14.8. The molecule has 0 amide bonds. The Balaban J connectivity index is 1.78. The third-order valence-corrected chi connectivity index (χ3v) is 4.87. The highest BCUT2D eigenvalue weighted by Crippen LogP contribution is 2.33. The molecule has 7 heteroatoms. The van der Waals surface area contributed by atoms with Gasteiger partial charge in [0, 0.05) is 12.7 Å². The second kappa shape index (κ2) is 5.85. The Morgan fingerprint density at radius 2 is 2.00 bits per heavy atom. The van der Waals surface area contributed by atoms with Crippen molar-refractivity contribution in [2.75, 3.05) is 11.4 Å². The predicted octanol–water partition coefficient (Wildman–Crippen LogP) is 4.44. The highest BCUT2D eigenvalue weighted by Gasteiger charge is 2.32. The lowest BCUT2D eigenvalue weighted by atomic mass is 10.2. The molecule has 2 aromatic carbocycles. The van der Waals surface area contributed by atoms with Gasteiger partial charge in [-0.1, -0.05) is 17.7 Å². The van der Waals surface area contributed by atoms with Crippen LogP contribution in [0.2, 0.25) is 5.02 Å². The van der Waals surface area contributed by atoms with E-state index in [1.165, 1.54) is 18.2 Å². The van der Waals surface area contributed by atoms with Gasteiger partial charge >= 0.3 is 0 Å². The number of aliphatic hydroxyl groups is 1. The van der Waals surface area contributed by atoms with Crippen LogP contribution in [0.25, 0.3) is 16.6 Å². The standard InChI is InChI=1S/C19H16ClFN4O/c1-10-3-6-15-14(7-10)23-19(24(15)2)17-16(26)9-25(18(17)22)11-4-5-13(21)12(20)8-11/h3-8,22,26H,9H2,1-2H3. The molecular weight excluding hydrogens is 355 g/mol. The summed E-state index contributed by atoms with van der Waals surface area (Å²) in [6, 6.07) is 10.2. The Morgan fingerprint density at radius 1 is 1.23 bits per heavy atom. The van der Waals surface area contributed by atoms with Crippen LogP contribution in [-0.2, 0) is 7.05 Å². The molecule has 0 aliphatic carbocycles. The van der Waals surface area contributed by atoms with Crippen LogP contribution >= 0.6 is 11.6 Å². The van der Waals surface area contributed by atoms with Gasteiger partial charge < -0.3 is 14.6 Å². The van der Waals surface area contributed by atoms with Gasteiger partial charge in [0.25, 0.3) is 0 Å². The molecule has 0 saturated heterocycles. The summed E-state index contributed by atoms with van der Waals surface area (Å²) in [4.78, 5) is 6.18. The van der Waals surface area contributed by atoms with Crippen molar-refractivity contribution in [2.24, 2.45) is 7.05 Å². The van der Waals surface area contributed by atoms with Crippen LogP contribution in [0.5, 0.6) is 0 Å². The van der Waals surface area contributed by atoms with Crippen molar-refractivity contribution >= 4 is 39.7 Å². The molecule has 0 bridgehead atoms. The van der Waals surface area contributed by atoms with Crippen molar-refractivity contribution in [2.45, 2.75) is 6.92 Å². The molecule has 4 rings (SSSR count). The number of imidazole rings is 1. The van der Waals surface area contributed by atoms with Crippen LogP contribution in [-0.4, -0.2) is 27.0 Å². The number of amidine groups is 1. The number of rotatable bonds is 2. The number of benzene rings is 2. The Morgan fingerprint density at radius 3 is 2.73 bits per heavy atom. The SMILES string of the molecule is Cc1ccc2c(c1)nc(C1=C(O)CN(c3ccc(F)c(Cl)c3)C1=N)n2C. The van der Waals surface area contributed by atoms with E-state index >= 15 is 0 Å². The predicted molar refractivity (Wildman–Crippen MR) is 101 cm³/mol. The first-order valence-corrected chi connectivity index (χ1v) is 8.41. The molecule has 0 unspecified atom stereocenters. The maximum atomic E-state index is 13.4. The van der Waals surface area contributed by atoms with E-state index in [0.717, 1.165) is 16.6 Å². The number of hydrogen-bond donors (Lipinski definition) is 2. The van der Waals surface area contributed by atoms with E-state index in [1.807, 2.05) is 36.7 Å². The lowest BCUT2D eigenvalue weighted by molar-refractivity contribution is 0.411. The fourth-order valence-electron chi connectivity index (χ4n) is 3.22. The highest BCUT2D eigenvalue weighted by molar-refractivity contribution is 6.32. The summed E-state index contributed by atoms with van der Waals surface area (Å²) in [5, 5.41) is 19.0. The zero-order valence-corrected chi connectivity index (χ0v) is 15.0. The van der Waals surface area contributed by atoms with Gasteiger partial charge in [-0.3, -0.25) is 5.41 Å². The zero-order chi connectivity index (χ0) is 18.6. The molecule has 5 nitrogen and oxygen atoms in total. The van der Waals surface area contributed by atoms with E-state index in [9.17, 15) is 9.50 Å². The number of aliphatic hydroxyl groups excluding tert-OH is 1. The third-order valence-electron chi connectivity index (χ3n) is 4.58. The molecule has 0 fully saturated rings. The lowest BCUT2D eigenvalue weighted by Gasteiger charge is -2.19. The number of halogens is 2. The van der Waals surface area contributed by atoms with Gasteiger partial charge in [0.05, 0.1) is 28.2 Å². The van der Waals surface area contributed by atoms with Gasteiger partial charge in [-0.05, 0) is 42.8 Å². The van der Waals surface area contributed by atoms with E-state index in [-0.39, 0.29) is 23.2 Å². The van der Waals surface area contributed by atoms with E-state index in [0.29, 0.717) is 17.1 Å². The van der Waals surface area contributed by atoms with Gasteiger partial charge in [-0.25, -0.2) is 9.37 Å². The Bertz CT molecular complexity index is 1100. The summed E-state index contributed by atoms with van der Waals surface area (Å²) < 4.78 is 15.3. The molecule has 0 atom stereocenters. The second-order valence-electron chi connectivity index (χ2n) is 6.34. The summed E-state index contributed by atoms with van der Waals surface area (Å²) >= 11 is 5.86. The fraction of sp³-hybridized carbons (Fsp3) is 0.158. The number of nitrogens with zero attached hydrogens (tertiary/aromatic N) is 3. The van der Waals surface area contributed by atoms with Crippen LogP contribution in [0.4, 0.5) is 10.1 Å². The van der Waals surface area contributed by atoms with Crippen molar-refractivity contribution in [1.82, 2.24) is 9.55 Å². The van der Waals surface area contributed by atoms with Crippen LogP contribution in [0.15, 0.2) is 42.2 Å². The van der Waals surface area contributed by atoms with Crippen molar-refractivity contribution < 1.29 is 9.50 Å². The number of nitrogens with one attached hydrogen (secondary N) is 1. The summed E-state index contributed by atoms with van der Waals surface area (Å²) in [5.41, 5.74) is 3.71. The second-order valence-corrected chi connectivity index (χ2v) is 6.75. The summed E-state index contributed by atoms with van der Waals surface area (Å²) in [7, 11) is 1.85. The van der Waals surface area contributed by atoms with E-state index in [1.54, 1.807) is 4.90 Å². The summed E-state index contributed by atoms with van der Waals surface area (Å²) in [6.07, 6.45) is 0.